The van der Waals surface area contributed by atoms with Gasteiger partial charge >= 0.3 is 0 Å². The second-order valence-corrected chi connectivity index (χ2v) is 6.44. The van der Waals surface area contributed by atoms with Gasteiger partial charge in [0.25, 0.3) is 0 Å². The zero-order valence-corrected chi connectivity index (χ0v) is 11.4. The Morgan fingerprint density at radius 1 is 1.06 bits per heavy atom. The van der Waals surface area contributed by atoms with Crippen LogP contribution >= 0.6 is 0 Å². The molecule has 0 saturated heterocycles. The minimum atomic E-state index is 0.151. The average Bonchev–Trinajstić information content (AvgIpc) is 2.13. The fraction of sp³-hybridized carbons (Fsp3) is 0.643. The minimum absolute atomic E-state index is 0.151. The number of hydrogen-bond acceptors (Lipinski definition) is 2. The van der Waals surface area contributed by atoms with Crippen LogP contribution in [0, 0.1) is 0 Å². The molecule has 16 heavy (non-hydrogen) atoms. The Bertz CT molecular complexity index is 342. The monoisotopic (exact) mass is 220 g/mol. The lowest BCUT2D eigenvalue weighted by atomic mass is 9.87. The first-order valence-electron chi connectivity index (χ1n) is 5.88. The van der Waals surface area contributed by atoms with E-state index < -0.39 is 0 Å². The summed E-state index contributed by atoms with van der Waals surface area (Å²) in [6.45, 7) is 14.0. The van der Waals surface area contributed by atoms with Gasteiger partial charge in [0.05, 0.1) is 0 Å². The Kier molecular flexibility index (Phi) is 3.74. The van der Waals surface area contributed by atoms with E-state index in [1.807, 2.05) is 12.4 Å². The van der Waals surface area contributed by atoms with Gasteiger partial charge in [-0.05, 0) is 37.3 Å². The number of aromatic nitrogens is 1. The molecule has 2 heteroatoms. The van der Waals surface area contributed by atoms with Crippen molar-refractivity contribution in [1.29, 1.82) is 0 Å². The summed E-state index contributed by atoms with van der Waals surface area (Å²) in [5, 5.41) is 3.48. The van der Waals surface area contributed by atoms with Crippen molar-refractivity contribution in [3.05, 3.63) is 29.6 Å². The van der Waals surface area contributed by atoms with Crippen molar-refractivity contribution in [1.82, 2.24) is 10.3 Å². The molecule has 0 atom stereocenters. The summed E-state index contributed by atoms with van der Waals surface area (Å²) in [6, 6.07) is 2.24. The largest absolute Gasteiger partial charge is 0.308 e. The van der Waals surface area contributed by atoms with E-state index in [9.17, 15) is 0 Å². The van der Waals surface area contributed by atoms with Crippen LogP contribution in [-0.2, 0) is 12.0 Å². The van der Waals surface area contributed by atoms with E-state index in [1.165, 1.54) is 11.1 Å². The van der Waals surface area contributed by atoms with E-state index in [-0.39, 0.29) is 11.0 Å². The second-order valence-electron chi connectivity index (χ2n) is 6.44. The lowest BCUT2D eigenvalue weighted by Crippen LogP contribution is -2.35. The summed E-state index contributed by atoms with van der Waals surface area (Å²) in [6.07, 6.45) is 3.90. The predicted octanol–water partition coefficient (Wildman–Crippen LogP) is 3.27. The molecule has 0 aliphatic heterocycles. The van der Waals surface area contributed by atoms with Gasteiger partial charge in [0, 0.05) is 24.5 Å². The fourth-order valence-corrected chi connectivity index (χ4v) is 1.36. The van der Waals surface area contributed by atoms with Crippen molar-refractivity contribution in [3.63, 3.8) is 0 Å². The fourth-order valence-electron chi connectivity index (χ4n) is 1.36. The van der Waals surface area contributed by atoms with Crippen molar-refractivity contribution < 1.29 is 0 Å². The zero-order chi connectivity index (χ0) is 12.4. The molecule has 0 fully saturated rings. The van der Waals surface area contributed by atoms with Gasteiger partial charge in [-0.3, -0.25) is 4.98 Å². The molecule has 0 unspecified atom stereocenters. The van der Waals surface area contributed by atoms with Gasteiger partial charge in [-0.1, -0.05) is 26.8 Å². The van der Waals surface area contributed by atoms with E-state index in [0.29, 0.717) is 0 Å². The third-order valence-corrected chi connectivity index (χ3v) is 2.48. The predicted molar refractivity (Wildman–Crippen MR) is 69.5 cm³/mol. The van der Waals surface area contributed by atoms with E-state index in [2.05, 4.69) is 57.9 Å². The SMILES string of the molecule is CC(C)(C)NCc1cncc(C(C)(C)C)c1. The van der Waals surface area contributed by atoms with Gasteiger partial charge < -0.3 is 5.32 Å². The molecule has 0 saturated carbocycles. The molecule has 0 radical (unpaired) electrons. The molecule has 90 valence electrons. The highest BCUT2D eigenvalue weighted by atomic mass is 14.9. The number of nitrogens with zero attached hydrogens (tertiary/aromatic N) is 1. The molecule has 1 heterocycles. The van der Waals surface area contributed by atoms with Crippen molar-refractivity contribution in [2.75, 3.05) is 0 Å². The van der Waals surface area contributed by atoms with Crippen LogP contribution in [0.15, 0.2) is 18.5 Å². The maximum atomic E-state index is 4.31. The Morgan fingerprint density at radius 2 is 1.69 bits per heavy atom. The number of pyridine rings is 1. The number of rotatable bonds is 2. The third-order valence-electron chi connectivity index (χ3n) is 2.48. The molecule has 0 spiro atoms. The lowest BCUT2D eigenvalue weighted by Gasteiger charge is -2.22. The molecule has 0 aromatic carbocycles. The van der Waals surface area contributed by atoms with Crippen LogP contribution in [0.4, 0.5) is 0 Å². The Morgan fingerprint density at radius 3 is 2.19 bits per heavy atom. The molecule has 1 aromatic rings. The first-order valence-corrected chi connectivity index (χ1v) is 5.88. The summed E-state index contributed by atoms with van der Waals surface area (Å²) in [7, 11) is 0. The first-order chi connectivity index (χ1) is 7.18. The quantitative estimate of drug-likeness (QED) is 0.827. The maximum Gasteiger partial charge on any atom is 0.0313 e. The van der Waals surface area contributed by atoms with Crippen LogP contribution in [0.1, 0.15) is 52.7 Å². The molecule has 0 aliphatic rings. The molecule has 2 nitrogen and oxygen atoms in total. The van der Waals surface area contributed by atoms with Gasteiger partial charge in [-0.2, -0.15) is 0 Å². The van der Waals surface area contributed by atoms with Gasteiger partial charge in [0.1, 0.15) is 0 Å². The van der Waals surface area contributed by atoms with Gasteiger partial charge in [0.2, 0.25) is 0 Å². The summed E-state index contributed by atoms with van der Waals surface area (Å²) in [5.74, 6) is 0. The Balaban J connectivity index is 2.76. The van der Waals surface area contributed by atoms with E-state index in [4.69, 9.17) is 0 Å². The normalized spacial score (nSPS) is 12.9. The molecular weight excluding hydrogens is 196 g/mol. The van der Waals surface area contributed by atoms with E-state index >= 15 is 0 Å². The van der Waals surface area contributed by atoms with E-state index in [0.717, 1.165) is 6.54 Å². The minimum Gasteiger partial charge on any atom is -0.308 e. The summed E-state index contributed by atoms with van der Waals surface area (Å²) in [4.78, 5) is 4.31. The van der Waals surface area contributed by atoms with Gasteiger partial charge in [-0.25, -0.2) is 0 Å². The highest BCUT2D eigenvalue weighted by Gasteiger charge is 2.15. The average molecular weight is 220 g/mol. The number of hydrogen-bond donors (Lipinski definition) is 1. The third kappa shape index (κ3) is 4.31. The van der Waals surface area contributed by atoms with Crippen LogP contribution in [0.3, 0.4) is 0 Å². The smallest absolute Gasteiger partial charge is 0.0313 e. The summed E-state index contributed by atoms with van der Waals surface area (Å²) >= 11 is 0. The molecular formula is C14H24N2. The van der Waals surface area contributed by atoms with Crippen LogP contribution in [0.2, 0.25) is 0 Å². The van der Waals surface area contributed by atoms with Crippen molar-refractivity contribution in [2.45, 2.75) is 59.0 Å². The first kappa shape index (κ1) is 13.2. The van der Waals surface area contributed by atoms with Crippen LogP contribution in [0.25, 0.3) is 0 Å². The zero-order valence-electron chi connectivity index (χ0n) is 11.4. The molecule has 1 rings (SSSR count). The maximum absolute atomic E-state index is 4.31. The van der Waals surface area contributed by atoms with E-state index in [1.54, 1.807) is 0 Å². The molecule has 1 aromatic heterocycles. The number of nitrogens with one attached hydrogen (secondary N) is 1. The second kappa shape index (κ2) is 4.54. The highest BCUT2D eigenvalue weighted by Crippen LogP contribution is 2.21. The standard InChI is InChI=1S/C14H24N2/c1-13(2,3)12-7-11(8-15-10-12)9-16-14(4,5)6/h7-8,10,16H,9H2,1-6H3. The van der Waals surface area contributed by atoms with Gasteiger partial charge in [0.15, 0.2) is 0 Å². The van der Waals surface area contributed by atoms with Crippen molar-refractivity contribution >= 4 is 0 Å². The summed E-state index contributed by atoms with van der Waals surface area (Å²) < 4.78 is 0. The Labute approximate surface area is 99.5 Å². The lowest BCUT2D eigenvalue weighted by molar-refractivity contribution is 0.423. The molecule has 0 aliphatic carbocycles. The van der Waals surface area contributed by atoms with Crippen LogP contribution < -0.4 is 5.32 Å². The Hall–Kier alpha value is -0.890. The molecule has 0 amide bonds. The highest BCUT2D eigenvalue weighted by molar-refractivity contribution is 5.24. The molecule has 0 bridgehead atoms. The van der Waals surface area contributed by atoms with Gasteiger partial charge in [-0.15, -0.1) is 0 Å². The van der Waals surface area contributed by atoms with Crippen molar-refractivity contribution in [3.8, 4) is 0 Å². The van der Waals surface area contributed by atoms with Crippen molar-refractivity contribution in [2.24, 2.45) is 0 Å². The molecule has 1 N–H and O–H groups in total. The van der Waals surface area contributed by atoms with Crippen LogP contribution in [0.5, 0.6) is 0 Å². The van der Waals surface area contributed by atoms with Crippen LogP contribution in [-0.4, -0.2) is 10.5 Å². The topological polar surface area (TPSA) is 24.9 Å². The summed E-state index contributed by atoms with van der Waals surface area (Å²) in [5.41, 5.74) is 2.87.